The van der Waals surface area contributed by atoms with E-state index in [1.54, 1.807) is 11.7 Å². The molecular formula is C53H53N9O7S. The highest BCUT2D eigenvalue weighted by Gasteiger charge is 2.32. The number of aromatic carboxylic acids is 1. The van der Waals surface area contributed by atoms with Crippen molar-refractivity contribution < 1.29 is 33.8 Å². The summed E-state index contributed by atoms with van der Waals surface area (Å²) < 4.78 is 8.78. The van der Waals surface area contributed by atoms with Crippen LogP contribution < -0.4 is 25.6 Å². The molecule has 1 unspecified atom stereocenters. The number of rotatable bonds is 15. The number of fused-ring (bicyclic) bond motifs is 3. The van der Waals surface area contributed by atoms with Crippen LogP contribution in [0.4, 0.5) is 16.6 Å². The van der Waals surface area contributed by atoms with Crippen molar-refractivity contribution in [2.75, 3.05) is 48.3 Å². The molecule has 0 radical (unpaired) electrons. The number of amides is 4. The molecule has 4 amide bonds. The summed E-state index contributed by atoms with van der Waals surface area (Å²) in [5, 5.41) is 24.6. The first kappa shape index (κ1) is 46.2. The van der Waals surface area contributed by atoms with Gasteiger partial charge in [-0.15, -0.1) is 0 Å². The van der Waals surface area contributed by atoms with E-state index in [9.17, 15) is 29.1 Å². The predicted molar refractivity (Wildman–Crippen MR) is 268 cm³/mol. The van der Waals surface area contributed by atoms with Gasteiger partial charge in [-0.05, 0) is 141 Å². The number of imide groups is 1. The zero-order chi connectivity index (χ0) is 48.3. The van der Waals surface area contributed by atoms with E-state index >= 15 is 0 Å². The fraction of sp³-hybridized carbons (Fsp3) is 0.321. The summed E-state index contributed by atoms with van der Waals surface area (Å²) in [6.07, 6.45) is 5.41. The summed E-state index contributed by atoms with van der Waals surface area (Å²) in [5.74, 6) is -0.661. The highest BCUT2D eigenvalue weighted by atomic mass is 32.1. The largest absolute Gasteiger partial charge is 0.494 e. The number of para-hydroxylation sites is 1. The molecule has 0 spiro atoms. The normalized spacial score (nSPS) is 16.5. The molecule has 2 saturated heterocycles. The van der Waals surface area contributed by atoms with Crippen LogP contribution in [0.5, 0.6) is 5.75 Å². The number of anilines is 3. The number of hydrogen-bond acceptors (Lipinski definition) is 12. The number of ether oxygens (including phenoxy) is 1. The van der Waals surface area contributed by atoms with Gasteiger partial charge in [0.25, 0.3) is 5.91 Å². The number of piperidine rings is 2. The molecule has 3 aromatic heterocycles. The third kappa shape index (κ3) is 10.3. The number of carbonyl (C=O) groups is 5. The Hall–Kier alpha value is -7.50. The van der Waals surface area contributed by atoms with Gasteiger partial charge in [-0.2, -0.15) is 5.10 Å². The Bertz CT molecular complexity index is 3110. The van der Waals surface area contributed by atoms with Crippen molar-refractivity contribution in [1.29, 1.82) is 0 Å². The number of pyridine rings is 1. The van der Waals surface area contributed by atoms with Gasteiger partial charge in [-0.3, -0.25) is 39.4 Å². The lowest BCUT2D eigenvalue weighted by Crippen LogP contribution is -2.39. The number of carboxylic acid groups (broad SMARTS) is 1. The van der Waals surface area contributed by atoms with Gasteiger partial charge in [0.1, 0.15) is 11.6 Å². The van der Waals surface area contributed by atoms with Crippen molar-refractivity contribution in [3.8, 4) is 5.75 Å². The van der Waals surface area contributed by atoms with Crippen molar-refractivity contribution in [2.45, 2.75) is 63.8 Å². The van der Waals surface area contributed by atoms with Gasteiger partial charge in [0.15, 0.2) is 10.8 Å². The molecule has 4 N–H and O–H groups in total. The minimum absolute atomic E-state index is 0.0205. The minimum Gasteiger partial charge on any atom is -0.494 e. The number of nitrogens with zero attached hydrogens (tertiary/aromatic N) is 6. The second-order valence-corrected chi connectivity index (χ2v) is 19.4. The number of carboxylic acids is 1. The molecule has 2 fully saturated rings. The van der Waals surface area contributed by atoms with Gasteiger partial charge >= 0.3 is 5.97 Å². The smallest absolute Gasteiger partial charge is 0.354 e. The van der Waals surface area contributed by atoms with Gasteiger partial charge in [0.2, 0.25) is 17.7 Å². The monoisotopic (exact) mass is 959 g/mol. The lowest BCUT2D eigenvalue weighted by Gasteiger charge is -2.31. The Morgan fingerprint density at radius 3 is 2.51 bits per heavy atom. The maximum Gasteiger partial charge on any atom is 0.354 e. The van der Waals surface area contributed by atoms with Crippen LogP contribution in [-0.4, -0.2) is 92.1 Å². The number of aryl methyl sites for hydroxylation is 2. The van der Waals surface area contributed by atoms with E-state index in [2.05, 4.69) is 48.0 Å². The van der Waals surface area contributed by atoms with E-state index in [4.69, 9.17) is 4.74 Å². The van der Waals surface area contributed by atoms with Crippen LogP contribution in [-0.2, 0) is 47.2 Å². The van der Waals surface area contributed by atoms with Crippen LogP contribution in [0.3, 0.4) is 0 Å². The molecular weight excluding hydrogens is 907 g/mol. The van der Waals surface area contributed by atoms with E-state index in [0.29, 0.717) is 91.3 Å². The number of thiazole rings is 1. The van der Waals surface area contributed by atoms with E-state index in [1.807, 2.05) is 89.8 Å². The fourth-order valence-corrected chi connectivity index (χ4v) is 10.8. The Kier molecular flexibility index (Phi) is 13.4. The second-order valence-electron chi connectivity index (χ2n) is 18.4. The summed E-state index contributed by atoms with van der Waals surface area (Å²) in [5.41, 5.74) is 7.36. The van der Waals surface area contributed by atoms with Crippen LogP contribution in [0.25, 0.3) is 21.1 Å². The van der Waals surface area contributed by atoms with E-state index in [-0.39, 0.29) is 35.7 Å². The summed E-state index contributed by atoms with van der Waals surface area (Å²) in [6.45, 7) is 3.44. The molecule has 3 aliphatic rings. The molecule has 0 aliphatic carbocycles. The number of likely N-dealkylation sites (tertiary alicyclic amines) is 1. The van der Waals surface area contributed by atoms with Gasteiger partial charge in [-0.25, -0.2) is 14.8 Å². The Morgan fingerprint density at radius 1 is 0.886 bits per heavy atom. The molecule has 7 aromatic rings. The lowest BCUT2D eigenvalue weighted by molar-refractivity contribution is -0.134. The first-order valence-corrected chi connectivity index (χ1v) is 24.6. The predicted octanol–water partition coefficient (Wildman–Crippen LogP) is 7.52. The molecule has 0 bridgehead atoms. The first-order valence-electron chi connectivity index (χ1n) is 23.8. The number of carbonyl (C=O) groups excluding carboxylic acids is 4. The molecule has 10 rings (SSSR count). The van der Waals surface area contributed by atoms with Crippen LogP contribution >= 0.6 is 11.3 Å². The summed E-state index contributed by atoms with van der Waals surface area (Å²) in [4.78, 5) is 76.7. The molecule has 3 aliphatic heterocycles. The maximum atomic E-state index is 13.5. The average molecular weight is 960 g/mol. The molecule has 16 nitrogen and oxygen atoms in total. The van der Waals surface area contributed by atoms with Gasteiger partial charge in [0.05, 0.1) is 40.5 Å². The zero-order valence-corrected chi connectivity index (χ0v) is 39.6. The zero-order valence-electron chi connectivity index (χ0n) is 38.8. The van der Waals surface area contributed by atoms with Gasteiger partial charge < -0.3 is 20.1 Å². The van der Waals surface area contributed by atoms with Gasteiger partial charge in [0, 0.05) is 43.2 Å². The first-order chi connectivity index (χ1) is 34.0. The summed E-state index contributed by atoms with van der Waals surface area (Å²) in [6, 6.07) is 31.0. The van der Waals surface area contributed by atoms with Crippen molar-refractivity contribution in [3.63, 3.8) is 0 Å². The fourth-order valence-electron chi connectivity index (χ4n) is 9.95. The topological polar surface area (TPSA) is 201 Å². The number of nitrogens with one attached hydrogen (secondary N) is 3. The molecule has 4 aromatic carbocycles. The molecule has 6 heterocycles. The highest BCUT2D eigenvalue weighted by Crippen LogP contribution is 2.33. The third-order valence-corrected chi connectivity index (χ3v) is 14.6. The summed E-state index contributed by atoms with van der Waals surface area (Å²) in [7, 11) is 1.81. The van der Waals surface area contributed by atoms with Crippen LogP contribution in [0.15, 0.2) is 97.1 Å². The minimum atomic E-state index is -1.08. The molecule has 0 saturated carbocycles. The lowest BCUT2D eigenvalue weighted by atomic mass is 9.90. The van der Waals surface area contributed by atoms with Crippen molar-refractivity contribution in [1.82, 2.24) is 30.0 Å². The number of hydrogen-bond donors (Lipinski definition) is 4. The molecule has 17 heteroatoms. The Morgan fingerprint density at radius 2 is 1.71 bits per heavy atom. The molecule has 1 atom stereocenters. The van der Waals surface area contributed by atoms with Gasteiger partial charge in [-0.1, -0.05) is 53.8 Å². The van der Waals surface area contributed by atoms with Crippen LogP contribution in [0.1, 0.15) is 86.8 Å². The van der Waals surface area contributed by atoms with Crippen molar-refractivity contribution in [2.24, 2.45) is 13.0 Å². The average Bonchev–Trinajstić information content (AvgIpc) is 3.92. The quantitative estimate of drug-likeness (QED) is 0.0583. The summed E-state index contributed by atoms with van der Waals surface area (Å²) >= 11 is 1.43. The van der Waals surface area contributed by atoms with Crippen LogP contribution in [0.2, 0.25) is 0 Å². The Labute approximate surface area is 408 Å². The van der Waals surface area contributed by atoms with E-state index in [1.165, 1.54) is 16.9 Å². The van der Waals surface area contributed by atoms with Crippen molar-refractivity contribution in [3.05, 3.63) is 136 Å². The molecule has 70 heavy (non-hydrogen) atoms. The number of aromatic nitrogens is 4. The van der Waals surface area contributed by atoms with E-state index in [0.717, 1.165) is 70.3 Å². The Balaban J connectivity index is 0.663. The van der Waals surface area contributed by atoms with E-state index < -0.39 is 11.9 Å². The molecule has 358 valence electrons. The third-order valence-electron chi connectivity index (χ3n) is 13.6. The second kappa shape index (κ2) is 20.2. The SMILES string of the molecule is Cn1nc(C2CCC(=O)NC2=O)c2ccc(NC(=O)CN3CCC(Cc4ccc(OCCCc5ccc(N6CCc7cccc(C(=O)Nc8nc9ccccc9s8)c7C6)nc5C(=O)O)cc4)CC3)cc21. The van der Waals surface area contributed by atoms with Crippen LogP contribution in [0, 0.1) is 5.92 Å². The van der Waals surface area contributed by atoms with Crippen molar-refractivity contribution >= 4 is 78.7 Å². The highest BCUT2D eigenvalue weighted by molar-refractivity contribution is 7.22. The number of benzene rings is 4. The standard InChI is InChI=1S/C53H53N9O7S/c1-60-43-29-36(14-17-39(43)49(59-60)40-18-20-46(63)57-51(40)66)54-47(64)31-61-24-21-33(22-25-61)28-32-11-15-37(16-12-32)69-27-5-7-35-13-19-45(56-48(35)52(67)68)62-26-23-34-6-4-8-38(41(34)30-62)50(65)58-53-55-42-9-2-3-10-44(42)70-53/h2-4,6,8-17,19,29,33,40H,5,7,18,20-28,30-31H2,1H3,(H,54,64)(H,67,68)(H,55,58,65)(H,57,63,66). The maximum absolute atomic E-state index is 13.5.